The molecular weight excluding hydrogens is 231 g/mol. The molecule has 0 aromatic heterocycles. The molecule has 0 atom stereocenters. The van der Waals surface area contributed by atoms with Crippen molar-refractivity contribution < 1.29 is 24.3 Å². The molecule has 0 spiro atoms. The number of unbranched alkanes of at least 4 members (excludes halogenated alkanes) is 6. The van der Waals surface area contributed by atoms with Crippen molar-refractivity contribution in [3.63, 3.8) is 0 Å². The van der Waals surface area contributed by atoms with E-state index in [1.165, 1.54) is 0 Å². The molecule has 6 heteroatoms. The molecule has 0 unspecified atom stereocenters. The van der Waals surface area contributed by atoms with Gasteiger partial charge in [-0.1, -0.05) is 32.1 Å². The Morgan fingerprint density at radius 1 is 0.875 bits per heavy atom. The van der Waals surface area contributed by atoms with Crippen LogP contribution in [-0.2, 0) is 9.36 Å². The van der Waals surface area contributed by atoms with Crippen LogP contribution in [-0.4, -0.2) is 27.0 Å². The van der Waals surface area contributed by atoms with Gasteiger partial charge in [0.1, 0.15) is 0 Å². The number of hydrogen-bond acceptors (Lipinski definition) is 2. The molecular formula is C10H21O5P. The van der Waals surface area contributed by atoms with Gasteiger partial charge in [-0.05, 0) is 12.8 Å². The number of carboxylic acids is 1. The van der Waals surface area contributed by atoms with E-state index < -0.39 is 13.6 Å². The number of carbonyl (C=O) groups is 1. The molecule has 0 radical (unpaired) electrons. The lowest BCUT2D eigenvalue weighted by atomic mass is 10.1. The van der Waals surface area contributed by atoms with Gasteiger partial charge < -0.3 is 14.9 Å². The highest BCUT2D eigenvalue weighted by atomic mass is 31.2. The van der Waals surface area contributed by atoms with Gasteiger partial charge in [-0.2, -0.15) is 0 Å². The normalized spacial score (nSPS) is 11.6. The predicted octanol–water partition coefficient (Wildman–Crippen LogP) is 2.37. The Balaban J connectivity index is 3.10. The number of aliphatic carboxylic acids is 1. The lowest BCUT2D eigenvalue weighted by molar-refractivity contribution is -0.137. The third-order valence-electron chi connectivity index (χ3n) is 2.34. The van der Waals surface area contributed by atoms with Crippen molar-refractivity contribution in [3.05, 3.63) is 0 Å². The summed E-state index contributed by atoms with van der Waals surface area (Å²) in [6.45, 7) is 0. The van der Waals surface area contributed by atoms with Gasteiger partial charge in [0, 0.05) is 12.6 Å². The molecule has 0 heterocycles. The first-order valence-electron chi connectivity index (χ1n) is 5.68. The molecule has 0 saturated heterocycles. The SMILES string of the molecule is O=C(O)CCCCCCCCCP(=O)(O)O. The highest BCUT2D eigenvalue weighted by Gasteiger charge is 2.10. The van der Waals surface area contributed by atoms with Gasteiger partial charge in [0.05, 0.1) is 0 Å². The Labute approximate surface area is 96.0 Å². The average molecular weight is 252 g/mol. The van der Waals surface area contributed by atoms with E-state index in [1.54, 1.807) is 0 Å². The van der Waals surface area contributed by atoms with Crippen LogP contribution < -0.4 is 0 Å². The summed E-state index contributed by atoms with van der Waals surface area (Å²) >= 11 is 0. The summed E-state index contributed by atoms with van der Waals surface area (Å²) in [5, 5.41) is 8.39. The third kappa shape index (κ3) is 13.6. The van der Waals surface area contributed by atoms with Crippen LogP contribution in [0.3, 0.4) is 0 Å². The number of carboxylic acid groups (broad SMARTS) is 1. The fourth-order valence-corrected chi connectivity index (χ4v) is 2.11. The summed E-state index contributed by atoms with van der Waals surface area (Å²) in [4.78, 5) is 27.4. The van der Waals surface area contributed by atoms with Crippen LogP contribution in [0, 0.1) is 0 Å². The molecule has 0 aliphatic carbocycles. The van der Waals surface area contributed by atoms with Gasteiger partial charge in [0.2, 0.25) is 0 Å². The van der Waals surface area contributed by atoms with Crippen LogP contribution >= 0.6 is 7.60 Å². The second-order valence-corrected chi connectivity index (χ2v) is 5.78. The third-order valence-corrected chi connectivity index (χ3v) is 3.24. The minimum Gasteiger partial charge on any atom is -0.481 e. The van der Waals surface area contributed by atoms with E-state index in [2.05, 4.69) is 0 Å². The molecule has 0 fully saturated rings. The smallest absolute Gasteiger partial charge is 0.325 e. The fraction of sp³-hybridized carbons (Fsp3) is 0.900. The lowest BCUT2D eigenvalue weighted by Crippen LogP contribution is -1.93. The molecule has 0 bridgehead atoms. The summed E-state index contributed by atoms with van der Waals surface area (Å²) in [5.74, 6) is -0.748. The largest absolute Gasteiger partial charge is 0.481 e. The summed E-state index contributed by atoms with van der Waals surface area (Å²) in [6.07, 6.45) is 6.24. The first kappa shape index (κ1) is 15.6. The average Bonchev–Trinajstić information content (AvgIpc) is 2.13. The number of hydrogen-bond donors (Lipinski definition) is 3. The highest BCUT2D eigenvalue weighted by Crippen LogP contribution is 2.35. The van der Waals surface area contributed by atoms with Crippen LogP contribution in [0.1, 0.15) is 51.4 Å². The Bertz CT molecular complexity index is 235. The van der Waals surface area contributed by atoms with Crippen LogP contribution in [0.25, 0.3) is 0 Å². The highest BCUT2D eigenvalue weighted by molar-refractivity contribution is 7.51. The van der Waals surface area contributed by atoms with Gasteiger partial charge in [-0.15, -0.1) is 0 Å². The standard InChI is InChI=1S/C10H21O5P/c11-10(12)8-6-4-2-1-3-5-7-9-16(13,14)15/h1-9H2,(H,11,12)(H2,13,14,15). The van der Waals surface area contributed by atoms with Crippen molar-refractivity contribution in [2.45, 2.75) is 51.4 Å². The van der Waals surface area contributed by atoms with Crippen molar-refractivity contribution in [3.8, 4) is 0 Å². The fourth-order valence-electron chi connectivity index (χ4n) is 1.48. The quantitative estimate of drug-likeness (QED) is 0.410. The van der Waals surface area contributed by atoms with E-state index in [0.29, 0.717) is 6.42 Å². The molecule has 0 aliphatic heterocycles. The van der Waals surface area contributed by atoms with E-state index in [9.17, 15) is 9.36 Å². The van der Waals surface area contributed by atoms with Gasteiger partial charge >= 0.3 is 13.6 Å². The molecule has 0 amide bonds. The van der Waals surface area contributed by atoms with Crippen LogP contribution in [0.4, 0.5) is 0 Å². The van der Waals surface area contributed by atoms with Crippen molar-refractivity contribution >= 4 is 13.6 Å². The molecule has 0 aliphatic rings. The molecule has 5 nitrogen and oxygen atoms in total. The molecule has 96 valence electrons. The summed E-state index contributed by atoms with van der Waals surface area (Å²) < 4.78 is 10.5. The predicted molar refractivity (Wildman–Crippen MR) is 61.5 cm³/mol. The van der Waals surface area contributed by atoms with E-state index in [4.69, 9.17) is 14.9 Å². The van der Waals surface area contributed by atoms with E-state index >= 15 is 0 Å². The number of rotatable bonds is 10. The Hall–Kier alpha value is -0.380. The van der Waals surface area contributed by atoms with Crippen LogP contribution in [0.2, 0.25) is 0 Å². The van der Waals surface area contributed by atoms with E-state index in [1.807, 2.05) is 0 Å². The zero-order valence-electron chi connectivity index (χ0n) is 9.47. The minimum atomic E-state index is -3.81. The Kier molecular flexibility index (Phi) is 8.53. The van der Waals surface area contributed by atoms with E-state index in [0.717, 1.165) is 38.5 Å². The van der Waals surface area contributed by atoms with Gasteiger partial charge in [0.25, 0.3) is 0 Å². The van der Waals surface area contributed by atoms with Gasteiger partial charge in [-0.25, -0.2) is 0 Å². The summed E-state index contributed by atoms with van der Waals surface area (Å²) in [6, 6.07) is 0. The van der Waals surface area contributed by atoms with Gasteiger partial charge in [-0.3, -0.25) is 9.36 Å². The van der Waals surface area contributed by atoms with Crippen LogP contribution in [0.15, 0.2) is 0 Å². The second-order valence-electron chi connectivity index (χ2n) is 4.01. The zero-order chi connectivity index (χ0) is 12.4. The topological polar surface area (TPSA) is 94.8 Å². The summed E-state index contributed by atoms with van der Waals surface area (Å²) in [5.41, 5.74) is 0. The Morgan fingerprint density at radius 3 is 1.75 bits per heavy atom. The van der Waals surface area contributed by atoms with E-state index in [-0.39, 0.29) is 12.6 Å². The van der Waals surface area contributed by atoms with Crippen molar-refractivity contribution in [2.24, 2.45) is 0 Å². The first-order chi connectivity index (χ1) is 7.42. The molecule has 0 saturated carbocycles. The molecule has 0 rings (SSSR count). The van der Waals surface area contributed by atoms with Gasteiger partial charge in [0.15, 0.2) is 0 Å². The van der Waals surface area contributed by atoms with Crippen molar-refractivity contribution in [1.29, 1.82) is 0 Å². The summed E-state index contributed by atoms with van der Waals surface area (Å²) in [7, 11) is -3.81. The maximum Gasteiger partial charge on any atom is 0.325 e. The lowest BCUT2D eigenvalue weighted by Gasteiger charge is -2.03. The van der Waals surface area contributed by atoms with Crippen LogP contribution in [0.5, 0.6) is 0 Å². The maximum atomic E-state index is 10.5. The minimum absolute atomic E-state index is 0.0218. The second kappa shape index (κ2) is 8.74. The zero-order valence-corrected chi connectivity index (χ0v) is 10.4. The first-order valence-corrected chi connectivity index (χ1v) is 7.48. The monoisotopic (exact) mass is 252 g/mol. The molecule has 16 heavy (non-hydrogen) atoms. The maximum absolute atomic E-state index is 10.5. The Morgan fingerprint density at radius 2 is 1.31 bits per heavy atom. The molecule has 3 N–H and O–H groups in total. The van der Waals surface area contributed by atoms with Crippen molar-refractivity contribution in [2.75, 3.05) is 6.16 Å². The molecule has 0 aromatic carbocycles. The van der Waals surface area contributed by atoms with Crippen molar-refractivity contribution in [1.82, 2.24) is 0 Å². The molecule has 0 aromatic rings.